The lowest BCUT2D eigenvalue weighted by atomic mass is 10.3. The number of halogens is 3. The van der Waals surface area contributed by atoms with Crippen molar-refractivity contribution in [3.63, 3.8) is 0 Å². The summed E-state index contributed by atoms with van der Waals surface area (Å²) in [6, 6.07) is 9.15. The molecule has 3 aromatic rings. The number of oxazole rings is 1. The quantitative estimate of drug-likeness (QED) is 0.478. The van der Waals surface area contributed by atoms with Crippen molar-refractivity contribution in [2.75, 3.05) is 11.1 Å². The van der Waals surface area contributed by atoms with E-state index in [1.807, 2.05) is 0 Å². The van der Waals surface area contributed by atoms with Gasteiger partial charge in [-0.2, -0.15) is 4.98 Å². The van der Waals surface area contributed by atoms with E-state index in [0.29, 0.717) is 38.5 Å². The Labute approximate surface area is 133 Å². The number of anilines is 3. The molecule has 0 amide bonds. The second-order valence-electron chi connectivity index (χ2n) is 4.09. The molecule has 0 saturated heterocycles. The van der Waals surface area contributed by atoms with Crippen molar-refractivity contribution in [3.05, 3.63) is 44.8 Å². The van der Waals surface area contributed by atoms with E-state index in [4.69, 9.17) is 33.4 Å². The number of nitrogen functional groups attached to an aromatic ring is 1. The summed E-state index contributed by atoms with van der Waals surface area (Å²) in [6.07, 6.45) is 0. The largest absolute Gasteiger partial charge is 0.423 e. The first kappa shape index (κ1) is 13.5. The first-order chi connectivity index (χ1) is 9.54. The normalized spacial score (nSPS) is 10.9. The Balaban J connectivity index is 1.99. The van der Waals surface area contributed by atoms with Gasteiger partial charge in [0.1, 0.15) is 5.52 Å². The maximum Gasteiger partial charge on any atom is 0.300 e. The zero-order valence-corrected chi connectivity index (χ0v) is 13.1. The van der Waals surface area contributed by atoms with Crippen LogP contribution in [0.15, 0.2) is 39.2 Å². The molecular formula is C13H8BrCl2N3O. The van der Waals surface area contributed by atoms with Gasteiger partial charge in [0, 0.05) is 16.2 Å². The van der Waals surface area contributed by atoms with Crippen LogP contribution >= 0.6 is 39.1 Å². The predicted octanol–water partition coefficient (Wildman–Crippen LogP) is 5.22. The number of aromatic nitrogens is 1. The highest BCUT2D eigenvalue weighted by atomic mass is 79.9. The van der Waals surface area contributed by atoms with Crippen LogP contribution in [-0.2, 0) is 0 Å². The van der Waals surface area contributed by atoms with Gasteiger partial charge in [0.05, 0.1) is 15.7 Å². The molecule has 0 spiro atoms. The average Bonchev–Trinajstić information content (AvgIpc) is 2.81. The molecule has 0 saturated carbocycles. The van der Waals surface area contributed by atoms with Gasteiger partial charge in [-0.05, 0) is 40.2 Å². The standard InChI is InChI=1S/C13H8BrCl2N3O/c14-7-2-4-9(12(16)11(7)15)19-13-18-8-3-1-6(17)5-10(8)20-13/h1-5H,17H2,(H,18,19). The summed E-state index contributed by atoms with van der Waals surface area (Å²) in [5.41, 5.74) is 8.23. The van der Waals surface area contributed by atoms with Crippen LogP contribution in [0.4, 0.5) is 17.4 Å². The average molecular weight is 373 g/mol. The van der Waals surface area contributed by atoms with Gasteiger partial charge in [0.15, 0.2) is 5.58 Å². The Hall–Kier alpha value is -1.43. The van der Waals surface area contributed by atoms with Gasteiger partial charge in [-0.3, -0.25) is 0 Å². The van der Waals surface area contributed by atoms with Crippen LogP contribution in [0.25, 0.3) is 11.1 Å². The number of fused-ring (bicyclic) bond motifs is 1. The minimum Gasteiger partial charge on any atom is -0.423 e. The number of benzene rings is 2. The second-order valence-corrected chi connectivity index (χ2v) is 5.70. The Bertz CT molecular complexity index is 804. The minimum atomic E-state index is 0.325. The van der Waals surface area contributed by atoms with Crippen molar-refractivity contribution in [1.29, 1.82) is 0 Å². The fraction of sp³-hybridized carbons (Fsp3) is 0. The van der Waals surface area contributed by atoms with E-state index >= 15 is 0 Å². The number of hydrogen-bond acceptors (Lipinski definition) is 4. The van der Waals surface area contributed by atoms with Crippen LogP contribution in [0, 0.1) is 0 Å². The Kier molecular flexibility index (Phi) is 3.50. The van der Waals surface area contributed by atoms with E-state index in [2.05, 4.69) is 26.2 Å². The molecule has 3 rings (SSSR count). The highest BCUT2D eigenvalue weighted by molar-refractivity contribution is 9.10. The van der Waals surface area contributed by atoms with Crippen LogP contribution in [0.3, 0.4) is 0 Å². The molecular weight excluding hydrogens is 365 g/mol. The second kappa shape index (κ2) is 5.16. The van der Waals surface area contributed by atoms with Gasteiger partial charge in [-0.15, -0.1) is 0 Å². The van der Waals surface area contributed by atoms with Gasteiger partial charge in [0.2, 0.25) is 0 Å². The summed E-state index contributed by atoms with van der Waals surface area (Å²) >= 11 is 15.5. The lowest BCUT2D eigenvalue weighted by Gasteiger charge is -2.06. The van der Waals surface area contributed by atoms with Crippen molar-refractivity contribution in [2.45, 2.75) is 0 Å². The molecule has 0 aliphatic carbocycles. The number of nitrogens with one attached hydrogen (secondary N) is 1. The summed E-state index contributed by atoms with van der Waals surface area (Å²) in [6.45, 7) is 0. The molecule has 4 nitrogen and oxygen atoms in total. The summed E-state index contributed by atoms with van der Waals surface area (Å²) in [4.78, 5) is 4.30. The molecule has 20 heavy (non-hydrogen) atoms. The molecule has 0 aliphatic heterocycles. The SMILES string of the molecule is Nc1ccc2nc(Nc3ccc(Br)c(Cl)c3Cl)oc2c1. The molecule has 2 aromatic carbocycles. The third-order valence-corrected chi connectivity index (χ3v) is 4.46. The number of rotatable bonds is 2. The van der Waals surface area contributed by atoms with Gasteiger partial charge >= 0.3 is 0 Å². The lowest BCUT2D eigenvalue weighted by molar-refractivity contribution is 0.623. The van der Waals surface area contributed by atoms with Gasteiger partial charge in [-0.25, -0.2) is 0 Å². The first-order valence-corrected chi connectivity index (χ1v) is 7.16. The predicted molar refractivity (Wildman–Crippen MR) is 85.9 cm³/mol. The molecule has 0 aliphatic rings. The maximum absolute atomic E-state index is 6.16. The van der Waals surface area contributed by atoms with Crippen LogP contribution in [0.1, 0.15) is 0 Å². The third-order valence-electron chi connectivity index (χ3n) is 2.69. The molecule has 3 N–H and O–H groups in total. The highest BCUT2D eigenvalue weighted by Crippen LogP contribution is 2.37. The summed E-state index contributed by atoms with van der Waals surface area (Å²) in [5.74, 6) is 0. The highest BCUT2D eigenvalue weighted by Gasteiger charge is 2.11. The number of nitrogens with zero attached hydrogens (tertiary/aromatic N) is 1. The Morgan fingerprint density at radius 2 is 1.95 bits per heavy atom. The van der Waals surface area contributed by atoms with Crippen LogP contribution in [0.2, 0.25) is 10.0 Å². The third kappa shape index (κ3) is 2.44. The van der Waals surface area contributed by atoms with Crippen LogP contribution in [-0.4, -0.2) is 4.98 Å². The van der Waals surface area contributed by atoms with Crippen molar-refractivity contribution in [2.24, 2.45) is 0 Å². The lowest BCUT2D eigenvalue weighted by Crippen LogP contribution is -1.91. The van der Waals surface area contributed by atoms with Crippen LogP contribution in [0.5, 0.6) is 0 Å². The van der Waals surface area contributed by atoms with E-state index in [1.54, 1.807) is 30.3 Å². The number of hydrogen-bond donors (Lipinski definition) is 2. The molecule has 0 atom stereocenters. The van der Waals surface area contributed by atoms with Crippen molar-refractivity contribution < 1.29 is 4.42 Å². The van der Waals surface area contributed by atoms with Gasteiger partial charge < -0.3 is 15.5 Å². The van der Waals surface area contributed by atoms with Crippen molar-refractivity contribution >= 4 is 67.6 Å². The van der Waals surface area contributed by atoms with E-state index < -0.39 is 0 Å². The molecule has 102 valence electrons. The molecule has 0 fully saturated rings. The maximum atomic E-state index is 6.16. The molecule has 0 unspecified atom stereocenters. The molecule has 1 aromatic heterocycles. The van der Waals surface area contributed by atoms with Crippen LogP contribution < -0.4 is 11.1 Å². The summed E-state index contributed by atoms with van der Waals surface area (Å²) in [7, 11) is 0. The molecule has 1 heterocycles. The fourth-order valence-corrected chi connectivity index (χ4v) is 2.55. The molecule has 0 bridgehead atoms. The van der Waals surface area contributed by atoms with Crippen molar-refractivity contribution in [1.82, 2.24) is 4.98 Å². The van der Waals surface area contributed by atoms with E-state index in [1.165, 1.54) is 0 Å². The summed E-state index contributed by atoms with van der Waals surface area (Å²) in [5, 5.41) is 3.81. The van der Waals surface area contributed by atoms with E-state index in [-0.39, 0.29) is 0 Å². The topological polar surface area (TPSA) is 64.1 Å². The first-order valence-electron chi connectivity index (χ1n) is 5.61. The zero-order valence-electron chi connectivity index (χ0n) is 9.95. The fourth-order valence-electron chi connectivity index (χ4n) is 1.73. The summed E-state index contributed by atoms with van der Waals surface area (Å²) < 4.78 is 6.28. The van der Waals surface area contributed by atoms with Gasteiger partial charge in [0.25, 0.3) is 6.01 Å². The van der Waals surface area contributed by atoms with Gasteiger partial charge in [-0.1, -0.05) is 23.2 Å². The monoisotopic (exact) mass is 371 g/mol. The molecule has 7 heteroatoms. The zero-order chi connectivity index (χ0) is 14.3. The number of nitrogens with two attached hydrogens (primary N) is 1. The van der Waals surface area contributed by atoms with Crippen molar-refractivity contribution in [3.8, 4) is 0 Å². The van der Waals surface area contributed by atoms with E-state index in [9.17, 15) is 0 Å². The Morgan fingerprint density at radius 1 is 1.15 bits per heavy atom. The molecule has 0 radical (unpaired) electrons. The Morgan fingerprint density at radius 3 is 2.75 bits per heavy atom. The van der Waals surface area contributed by atoms with E-state index in [0.717, 1.165) is 4.47 Å². The minimum absolute atomic E-state index is 0.325. The smallest absolute Gasteiger partial charge is 0.300 e.